The van der Waals surface area contributed by atoms with Gasteiger partial charge in [0, 0.05) is 19.5 Å². The minimum Gasteiger partial charge on any atom is -0.494 e. The number of carbonyl (C=O) groups excluding carboxylic acids is 2. The molecule has 0 saturated heterocycles. The number of rotatable bonds is 12. The third-order valence-electron chi connectivity index (χ3n) is 5.36. The number of aryl methyl sites for hydroxylation is 2. The van der Waals surface area contributed by atoms with Gasteiger partial charge in [0.1, 0.15) is 11.8 Å². The highest BCUT2D eigenvalue weighted by molar-refractivity contribution is 5.87. The smallest absolute Gasteiger partial charge is 0.242 e. The highest BCUT2D eigenvalue weighted by atomic mass is 16.5. The Labute approximate surface area is 186 Å². The number of ether oxygens (including phenoxy) is 1. The zero-order chi connectivity index (χ0) is 22.6. The molecule has 0 aliphatic carbocycles. The van der Waals surface area contributed by atoms with Gasteiger partial charge >= 0.3 is 0 Å². The largest absolute Gasteiger partial charge is 0.494 e. The van der Waals surface area contributed by atoms with Crippen molar-refractivity contribution in [1.29, 1.82) is 0 Å². The molecule has 2 aromatic rings. The molecule has 0 aliphatic rings. The Morgan fingerprint density at radius 3 is 2.39 bits per heavy atom. The highest BCUT2D eigenvalue weighted by Gasteiger charge is 2.28. The van der Waals surface area contributed by atoms with E-state index < -0.39 is 6.04 Å². The Balaban J connectivity index is 2.04. The van der Waals surface area contributed by atoms with Crippen molar-refractivity contribution in [3.05, 3.63) is 65.2 Å². The molecule has 0 fully saturated rings. The van der Waals surface area contributed by atoms with Crippen LogP contribution in [-0.2, 0) is 16.1 Å². The summed E-state index contributed by atoms with van der Waals surface area (Å²) in [5, 5.41) is 2.95. The van der Waals surface area contributed by atoms with E-state index in [-0.39, 0.29) is 11.8 Å². The summed E-state index contributed by atoms with van der Waals surface area (Å²) in [6, 6.07) is 15.4. The van der Waals surface area contributed by atoms with E-state index in [1.54, 1.807) is 4.90 Å². The second-order valence-corrected chi connectivity index (χ2v) is 7.93. The van der Waals surface area contributed by atoms with E-state index in [4.69, 9.17) is 4.74 Å². The molecule has 2 amide bonds. The zero-order valence-electron chi connectivity index (χ0n) is 19.3. The Morgan fingerprint density at radius 2 is 1.74 bits per heavy atom. The number of amides is 2. The molecule has 0 aromatic heterocycles. The lowest BCUT2D eigenvalue weighted by atomic mass is 10.1. The third-order valence-corrected chi connectivity index (χ3v) is 5.36. The fraction of sp³-hybridized carbons (Fsp3) is 0.462. The van der Waals surface area contributed by atoms with Gasteiger partial charge in [0.15, 0.2) is 0 Å². The summed E-state index contributed by atoms with van der Waals surface area (Å²) in [6.07, 6.45) is 2.39. The maximum absolute atomic E-state index is 13.2. The molecule has 5 nitrogen and oxygen atoms in total. The van der Waals surface area contributed by atoms with Crippen molar-refractivity contribution < 1.29 is 14.3 Å². The lowest BCUT2D eigenvalue weighted by molar-refractivity contribution is -0.141. The summed E-state index contributed by atoms with van der Waals surface area (Å²) in [5.41, 5.74) is 3.36. The lowest BCUT2D eigenvalue weighted by Crippen LogP contribution is -2.49. The molecule has 0 heterocycles. The molecule has 0 radical (unpaired) electrons. The van der Waals surface area contributed by atoms with Gasteiger partial charge in [0.25, 0.3) is 0 Å². The first-order chi connectivity index (χ1) is 15.0. The van der Waals surface area contributed by atoms with Crippen LogP contribution in [0.4, 0.5) is 0 Å². The van der Waals surface area contributed by atoms with E-state index in [0.717, 1.165) is 23.3 Å². The van der Waals surface area contributed by atoms with Crippen LogP contribution < -0.4 is 10.1 Å². The van der Waals surface area contributed by atoms with Crippen molar-refractivity contribution in [3.63, 3.8) is 0 Å². The van der Waals surface area contributed by atoms with Crippen molar-refractivity contribution >= 4 is 11.8 Å². The highest BCUT2D eigenvalue weighted by Crippen LogP contribution is 2.17. The SMILES string of the molecule is CCCNC(=O)[C@H](CC)N(Cc1ccccc1C)C(=O)CCCOc1ccc(C)cc1. The average molecular weight is 425 g/mol. The van der Waals surface area contributed by atoms with Gasteiger partial charge in [-0.3, -0.25) is 9.59 Å². The van der Waals surface area contributed by atoms with Crippen LogP contribution in [0.25, 0.3) is 0 Å². The molecule has 0 unspecified atom stereocenters. The van der Waals surface area contributed by atoms with E-state index >= 15 is 0 Å². The van der Waals surface area contributed by atoms with Crippen molar-refractivity contribution in [2.75, 3.05) is 13.2 Å². The maximum atomic E-state index is 13.2. The molecule has 0 saturated carbocycles. The summed E-state index contributed by atoms with van der Waals surface area (Å²) in [5.74, 6) is 0.705. The van der Waals surface area contributed by atoms with Gasteiger partial charge in [-0.25, -0.2) is 0 Å². The van der Waals surface area contributed by atoms with Crippen molar-refractivity contribution in [1.82, 2.24) is 10.2 Å². The Bertz CT molecular complexity index is 833. The van der Waals surface area contributed by atoms with Gasteiger partial charge in [-0.05, 0) is 56.4 Å². The number of benzene rings is 2. The average Bonchev–Trinajstić information content (AvgIpc) is 2.77. The van der Waals surface area contributed by atoms with Gasteiger partial charge in [-0.2, -0.15) is 0 Å². The predicted molar refractivity (Wildman–Crippen MR) is 125 cm³/mol. The Morgan fingerprint density at radius 1 is 1.03 bits per heavy atom. The second-order valence-electron chi connectivity index (χ2n) is 7.93. The van der Waals surface area contributed by atoms with E-state index in [2.05, 4.69) is 5.32 Å². The van der Waals surface area contributed by atoms with Crippen molar-refractivity contribution in [3.8, 4) is 5.75 Å². The number of hydrogen-bond donors (Lipinski definition) is 1. The Kier molecular flexibility index (Phi) is 10.1. The first-order valence-corrected chi connectivity index (χ1v) is 11.3. The minimum atomic E-state index is -0.475. The van der Waals surface area contributed by atoms with Crippen LogP contribution in [0, 0.1) is 13.8 Å². The fourth-order valence-corrected chi connectivity index (χ4v) is 3.45. The maximum Gasteiger partial charge on any atom is 0.242 e. The lowest BCUT2D eigenvalue weighted by Gasteiger charge is -2.31. The van der Waals surface area contributed by atoms with Crippen LogP contribution in [0.15, 0.2) is 48.5 Å². The van der Waals surface area contributed by atoms with E-state index in [9.17, 15) is 9.59 Å². The number of nitrogens with one attached hydrogen (secondary N) is 1. The first-order valence-electron chi connectivity index (χ1n) is 11.3. The van der Waals surface area contributed by atoms with E-state index in [0.29, 0.717) is 39.0 Å². The molecule has 2 rings (SSSR count). The summed E-state index contributed by atoms with van der Waals surface area (Å²) in [6.45, 7) is 9.55. The van der Waals surface area contributed by atoms with Crippen LogP contribution in [0.2, 0.25) is 0 Å². The summed E-state index contributed by atoms with van der Waals surface area (Å²) >= 11 is 0. The molecule has 0 spiro atoms. The molecule has 0 aliphatic heterocycles. The number of nitrogens with zero attached hydrogens (tertiary/aromatic N) is 1. The quantitative estimate of drug-likeness (QED) is 0.498. The fourth-order valence-electron chi connectivity index (χ4n) is 3.45. The Hall–Kier alpha value is -2.82. The molecule has 168 valence electrons. The third kappa shape index (κ3) is 7.74. The van der Waals surface area contributed by atoms with Crippen molar-refractivity contribution in [2.24, 2.45) is 0 Å². The summed E-state index contributed by atoms with van der Waals surface area (Å²) in [4.78, 5) is 27.7. The van der Waals surface area contributed by atoms with Crippen LogP contribution in [0.3, 0.4) is 0 Å². The molecule has 1 N–H and O–H groups in total. The van der Waals surface area contributed by atoms with E-state index in [1.807, 2.05) is 76.2 Å². The van der Waals surface area contributed by atoms with Crippen LogP contribution in [0.5, 0.6) is 5.75 Å². The zero-order valence-corrected chi connectivity index (χ0v) is 19.3. The monoisotopic (exact) mass is 424 g/mol. The summed E-state index contributed by atoms with van der Waals surface area (Å²) < 4.78 is 5.77. The normalized spacial score (nSPS) is 11.6. The molecule has 1 atom stereocenters. The van der Waals surface area contributed by atoms with Gasteiger partial charge < -0.3 is 15.0 Å². The van der Waals surface area contributed by atoms with Gasteiger partial charge in [0.2, 0.25) is 11.8 Å². The number of carbonyl (C=O) groups is 2. The standard InChI is InChI=1S/C26H36N2O3/c1-5-17-27-26(30)24(6-2)28(19-22-11-8-7-10-21(22)4)25(29)12-9-18-31-23-15-13-20(3)14-16-23/h7-8,10-11,13-16,24H,5-6,9,12,17-19H2,1-4H3,(H,27,30)/t24-/m0/s1. The van der Waals surface area contributed by atoms with Gasteiger partial charge in [-0.15, -0.1) is 0 Å². The molecular weight excluding hydrogens is 388 g/mol. The molecule has 2 aromatic carbocycles. The molecular formula is C26H36N2O3. The van der Waals surface area contributed by atoms with Crippen LogP contribution in [-0.4, -0.2) is 35.9 Å². The minimum absolute atomic E-state index is 0.0192. The van der Waals surface area contributed by atoms with Crippen molar-refractivity contribution in [2.45, 2.75) is 66.0 Å². The van der Waals surface area contributed by atoms with E-state index in [1.165, 1.54) is 5.56 Å². The summed E-state index contributed by atoms with van der Waals surface area (Å²) in [7, 11) is 0. The number of hydrogen-bond acceptors (Lipinski definition) is 3. The molecule has 31 heavy (non-hydrogen) atoms. The van der Waals surface area contributed by atoms with Crippen LogP contribution in [0.1, 0.15) is 56.2 Å². The predicted octanol–water partition coefficient (Wildman–Crippen LogP) is 4.80. The molecule has 5 heteroatoms. The molecule has 0 bridgehead atoms. The topological polar surface area (TPSA) is 58.6 Å². The van der Waals surface area contributed by atoms with Gasteiger partial charge in [-0.1, -0.05) is 55.8 Å². The van der Waals surface area contributed by atoms with Gasteiger partial charge in [0.05, 0.1) is 6.61 Å². The van der Waals surface area contributed by atoms with Crippen LogP contribution >= 0.6 is 0 Å². The first kappa shape index (κ1) is 24.4. The second kappa shape index (κ2) is 12.8.